The first-order valence-electron chi connectivity index (χ1n) is 6.13. The summed E-state index contributed by atoms with van der Waals surface area (Å²) in [6.07, 6.45) is 0.459. The van der Waals surface area contributed by atoms with Crippen molar-refractivity contribution in [3.63, 3.8) is 0 Å². The molecule has 0 aliphatic heterocycles. The fourth-order valence-corrected chi connectivity index (χ4v) is 1.80. The van der Waals surface area contributed by atoms with Gasteiger partial charge < -0.3 is 15.2 Å². The van der Waals surface area contributed by atoms with E-state index < -0.39 is 12.0 Å². The van der Waals surface area contributed by atoms with Crippen LogP contribution < -0.4 is 10.1 Å². The molecule has 0 spiro atoms. The van der Waals surface area contributed by atoms with E-state index in [1.54, 1.807) is 13.0 Å². The molecule has 5 heteroatoms. The van der Waals surface area contributed by atoms with Gasteiger partial charge in [0.25, 0.3) is 0 Å². The molecule has 0 fully saturated rings. The molecule has 0 saturated carbocycles. The van der Waals surface area contributed by atoms with Crippen LogP contribution in [0.25, 0.3) is 0 Å². The summed E-state index contributed by atoms with van der Waals surface area (Å²) in [5, 5.41) is 11.4. The Balaban J connectivity index is 2.76. The summed E-state index contributed by atoms with van der Waals surface area (Å²) in [6.45, 7) is 3.64. The summed E-state index contributed by atoms with van der Waals surface area (Å²) in [6, 6.07) is 4.71. The molecule has 1 amide bonds. The first-order chi connectivity index (χ1) is 8.97. The van der Waals surface area contributed by atoms with E-state index in [9.17, 15) is 9.59 Å². The maximum absolute atomic E-state index is 11.8. The minimum Gasteiger partial charge on any atom is -0.496 e. The van der Waals surface area contributed by atoms with E-state index in [-0.39, 0.29) is 12.3 Å². The molecule has 0 unspecified atom stereocenters. The Morgan fingerprint density at radius 3 is 2.63 bits per heavy atom. The van der Waals surface area contributed by atoms with Crippen molar-refractivity contribution in [3.05, 3.63) is 29.3 Å². The highest BCUT2D eigenvalue weighted by Gasteiger charge is 2.18. The van der Waals surface area contributed by atoms with Crippen molar-refractivity contribution < 1.29 is 19.4 Å². The van der Waals surface area contributed by atoms with Crippen LogP contribution in [0.2, 0.25) is 0 Å². The molecule has 0 aliphatic carbocycles. The number of ether oxygens (including phenoxy) is 1. The van der Waals surface area contributed by atoms with Gasteiger partial charge in [0.1, 0.15) is 11.8 Å². The van der Waals surface area contributed by atoms with E-state index in [0.717, 1.165) is 11.1 Å². The normalized spacial score (nSPS) is 11.7. The van der Waals surface area contributed by atoms with Crippen molar-refractivity contribution in [3.8, 4) is 5.75 Å². The highest BCUT2D eigenvalue weighted by Crippen LogP contribution is 2.20. The van der Waals surface area contributed by atoms with Crippen LogP contribution in [0.1, 0.15) is 24.5 Å². The molecule has 19 heavy (non-hydrogen) atoms. The van der Waals surface area contributed by atoms with E-state index in [1.807, 2.05) is 19.1 Å². The molecule has 0 aromatic heterocycles. The van der Waals surface area contributed by atoms with Crippen LogP contribution in [0.5, 0.6) is 5.75 Å². The molecular weight excluding hydrogens is 246 g/mol. The van der Waals surface area contributed by atoms with Crippen LogP contribution in [0.4, 0.5) is 0 Å². The molecule has 0 radical (unpaired) electrons. The van der Waals surface area contributed by atoms with E-state index in [4.69, 9.17) is 9.84 Å². The van der Waals surface area contributed by atoms with Crippen LogP contribution in [0.3, 0.4) is 0 Å². The number of methoxy groups -OCH3 is 1. The quantitative estimate of drug-likeness (QED) is 0.817. The monoisotopic (exact) mass is 265 g/mol. The number of carbonyl (C=O) groups is 2. The van der Waals surface area contributed by atoms with Crippen LogP contribution in [0, 0.1) is 6.92 Å². The smallest absolute Gasteiger partial charge is 0.326 e. The lowest BCUT2D eigenvalue weighted by molar-refractivity contribution is -0.141. The average Bonchev–Trinajstić information content (AvgIpc) is 2.35. The van der Waals surface area contributed by atoms with Crippen molar-refractivity contribution in [2.24, 2.45) is 0 Å². The maximum atomic E-state index is 11.8. The zero-order chi connectivity index (χ0) is 14.4. The van der Waals surface area contributed by atoms with Crippen molar-refractivity contribution in [2.75, 3.05) is 7.11 Å². The Labute approximate surface area is 112 Å². The predicted molar refractivity (Wildman–Crippen MR) is 71.3 cm³/mol. The van der Waals surface area contributed by atoms with Crippen LogP contribution in [0.15, 0.2) is 18.2 Å². The second-order valence-electron chi connectivity index (χ2n) is 4.36. The van der Waals surface area contributed by atoms with Gasteiger partial charge in [0.2, 0.25) is 5.91 Å². The van der Waals surface area contributed by atoms with Gasteiger partial charge >= 0.3 is 5.97 Å². The Morgan fingerprint density at radius 2 is 2.11 bits per heavy atom. The van der Waals surface area contributed by atoms with Gasteiger partial charge in [-0.05, 0) is 19.4 Å². The van der Waals surface area contributed by atoms with Crippen LogP contribution in [-0.4, -0.2) is 30.1 Å². The maximum Gasteiger partial charge on any atom is 0.326 e. The number of carbonyl (C=O) groups excluding carboxylic acids is 1. The number of hydrogen-bond acceptors (Lipinski definition) is 3. The van der Waals surface area contributed by atoms with Crippen molar-refractivity contribution in [1.82, 2.24) is 5.32 Å². The molecule has 0 bridgehead atoms. The molecular formula is C14H19NO4. The first kappa shape index (κ1) is 15.0. The summed E-state index contributed by atoms with van der Waals surface area (Å²) >= 11 is 0. The lowest BCUT2D eigenvalue weighted by atomic mass is 10.1. The lowest BCUT2D eigenvalue weighted by Gasteiger charge is -2.13. The number of carboxylic acids is 1. The summed E-state index contributed by atoms with van der Waals surface area (Å²) < 4.78 is 5.18. The topological polar surface area (TPSA) is 75.6 Å². The number of benzene rings is 1. The van der Waals surface area contributed by atoms with Crippen LogP contribution in [-0.2, 0) is 16.0 Å². The molecule has 0 aliphatic rings. The fourth-order valence-electron chi connectivity index (χ4n) is 1.80. The molecule has 0 heterocycles. The number of hydrogen-bond donors (Lipinski definition) is 2. The summed E-state index contributed by atoms with van der Waals surface area (Å²) in [5.74, 6) is -0.714. The number of amides is 1. The highest BCUT2D eigenvalue weighted by molar-refractivity contribution is 5.85. The highest BCUT2D eigenvalue weighted by atomic mass is 16.5. The van der Waals surface area contributed by atoms with Crippen LogP contribution >= 0.6 is 0 Å². The molecule has 5 nitrogen and oxygen atoms in total. The molecule has 0 saturated heterocycles. The average molecular weight is 265 g/mol. The van der Waals surface area contributed by atoms with E-state index in [0.29, 0.717) is 12.2 Å². The molecule has 2 N–H and O–H groups in total. The third-order valence-corrected chi connectivity index (χ3v) is 2.83. The summed E-state index contributed by atoms with van der Waals surface area (Å²) in [7, 11) is 1.54. The number of rotatable bonds is 6. The molecule has 104 valence electrons. The van der Waals surface area contributed by atoms with E-state index in [2.05, 4.69) is 5.32 Å². The van der Waals surface area contributed by atoms with Gasteiger partial charge in [0.15, 0.2) is 0 Å². The first-order valence-corrected chi connectivity index (χ1v) is 6.13. The van der Waals surface area contributed by atoms with Gasteiger partial charge in [-0.25, -0.2) is 4.79 Å². The predicted octanol–water partition coefficient (Wildman–Crippen LogP) is 1.53. The van der Waals surface area contributed by atoms with Crippen molar-refractivity contribution in [2.45, 2.75) is 32.7 Å². The number of carboxylic acid groups (broad SMARTS) is 1. The Kier molecular flexibility index (Phi) is 5.36. The minimum atomic E-state index is -1.02. The minimum absolute atomic E-state index is 0.106. The number of aryl methyl sites for hydroxylation is 1. The van der Waals surface area contributed by atoms with E-state index >= 15 is 0 Å². The van der Waals surface area contributed by atoms with Crippen molar-refractivity contribution >= 4 is 11.9 Å². The van der Waals surface area contributed by atoms with Gasteiger partial charge in [-0.2, -0.15) is 0 Å². The van der Waals surface area contributed by atoms with E-state index in [1.165, 1.54) is 7.11 Å². The molecule has 1 aromatic carbocycles. The zero-order valence-electron chi connectivity index (χ0n) is 11.4. The largest absolute Gasteiger partial charge is 0.496 e. The molecule has 1 rings (SSSR count). The second kappa shape index (κ2) is 6.78. The summed E-state index contributed by atoms with van der Waals surface area (Å²) in [5.41, 5.74) is 1.77. The molecule has 1 atom stereocenters. The zero-order valence-corrected chi connectivity index (χ0v) is 11.4. The number of aliphatic carboxylic acids is 1. The Hall–Kier alpha value is -2.04. The fraction of sp³-hybridized carbons (Fsp3) is 0.429. The second-order valence-corrected chi connectivity index (χ2v) is 4.36. The van der Waals surface area contributed by atoms with Gasteiger partial charge in [0.05, 0.1) is 13.5 Å². The van der Waals surface area contributed by atoms with Crippen molar-refractivity contribution in [1.29, 1.82) is 0 Å². The molecule has 1 aromatic rings. The van der Waals surface area contributed by atoms with Gasteiger partial charge in [-0.3, -0.25) is 4.79 Å². The standard InChI is InChI=1S/C14H19NO4/c1-4-11(14(17)18)15-13(16)8-10-7-9(2)5-6-12(10)19-3/h5-7,11H,4,8H2,1-3H3,(H,15,16)(H,17,18)/t11-/m1/s1. The Bertz CT molecular complexity index is 471. The number of nitrogens with one attached hydrogen (secondary N) is 1. The SMILES string of the molecule is CC[C@@H](NC(=O)Cc1cc(C)ccc1OC)C(=O)O. The third-order valence-electron chi connectivity index (χ3n) is 2.83. The summed E-state index contributed by atoms with van der Waals surface area (Å²) in [4.78, 5) is 22.7. The lowest BCUT2D eigenvalue weighted by Crippen LogP contribution is -2.41. The third kappa shape index (κ3) is 4.28. The Morgan fingerprint density at radius 1 is 1.42 bits per heavy atom. The van der Waals surface area contributed by atoms with Gasteiger partial charge in [-0.1, -0.05) is 24.6 Å². The van der Waals surface area contributed by atoms with Gasteiger partial charge in [0, 0.05) is 5.56 Å². The van der Waals surface area contributed by atoms with Gasteiger partial charge in [-0.15, -0.1) is 0 Å².